The van der Waals surface area contributed by atoms with E-state index in [9.17, 15) is 5.11 Å². The van der Waals surface area contributed by atoms with Crippen molar-refractivity contribution >= 4 is 11.0 Å². The predicted octanol–water partition coefficient (Wildman–Crippen LogP) is 3.26. The van der Waals surface area contributed by atoms with Crippen LogP contribution in [-0.4, -0.2) is 21.3 Å². The normalized spacial score (nSPS) is 10.9. The molecule has 1 aromatic heterocycles. The number of aliphatic hydroxyl groups excluding tert-OH is 1. The van der Waals surface area contributed by atoms with Gasteiger partial charge in [0, 0.05) is 19.2 Å². The van der Waals surface area contributed by atoms with E-state index in [2.05, 4.69) is 4.98 Å². The Morgan fingerprint density at radius 3 is 2.64 bits per heavy atom. The van der Waals surface area contributed by atoms with Gasteiger partial charge < -0.3 is 19.1 Å². The average Bonchev–Trinajstić information content (AvgIpc) is 2.84. The van der Waals surface area contributed by atoms with Gasteiger partial charge in [0.1, 0.15) is 29.7 Å². The summed E-state index contributed by atoms with van der Waals surface area (Å²) in [4.78, 5) is 4.35. The lowest BCUT2D eigenvalue weighted by Crippen LogP contribution is -1.96. The Balaban J connectivity index is 1.90. The zero-order valence-electron chi connectivity index (χ0n) is 12.6. The molecular weight excluding hydrogens is 280 g/mol. The molecule has 3 rings (SSSR count). The highest BCUT2D eigenvalue weighted by Crippen LogP contribution is 2.28. The summed E-state index contributed by atoms with van der Waals surface area (Å²) in [6.45, 7) is 2.48. The van der Waals surface area contributed by atoms with Gasteiger partial charge in [-0.2, -0.15) is 0 Å². The first kappa shape index (κ1) is 14.4. The van der Waals surface area contributed by atoms with E-state index in [4.69, 9.17) is 9.47 Å². The van der Waals surface area contributed by atoms with Crippen molar-refractivity contribution < 1.29 is 14.6 Å². The van der Waals surface area contributed by atoms with E-state index in [1.165, 1.54) is 0 Å². The van der Waals surface area contributed by atoms with Gasteiger partial charge in [-0.1, -0.05) is 6.07 Å². The van der Waals surface area contributed by atoms with E-state index in [1.807, 2.05) is 61.0 Å². The first-order chi connectivity index (χ1) is 10.7. The molecule has 0 amide bonds. The topological polar surface area (TPSA) is 56.5 Å². The van der Waals surface area contributed by atoms with Crippen molar-refractivity contribution in [1.29, 1.82) is 0 Å². The van der Waals surface area contributed by atoms with Crippen molar-refractivity contribution in [3.63, 3.8) is 0 Å². The van der Waals surface area contributed by atoms with E-state index in [-0.39, 0.29) is 6.61 Å². The predicted molar refractivity (Wildman–Crippen MR) is 84.3 cm³/mol. The minimum absolute atomic E-state index is 0.0855. The van der Waals surface area contributed by atoms with Crippen LogP contribution in [0.5, 0.6) is 17.2 Å². The quantitative estimate of drug-likeness (QED) is 0.785. The van der Waals surface area contributed by atoms with E-state index in [1.54, 1.807) is 0 Å². The summed E-state index contributed by atoms with van der Waals surface area (Å²) in [7, 11) is 1.88. The van der Waals surface area contributed by atoms with Gasteiger partial charge in [0.25, 0.3) is 0 Å². The molecule has 1 heterocycles. The number of fused-ring (bicyclic) bond motifs is 1. The van der Waals surface area contributed by atoms with Crippen LogP contribution in [0.4, 0.5) is 0 Å². The van der Waals surface area contributed by atoms with Crippen LogP contribution in [0.25, 0.3) is 11.0 Å². The molecule has 0 saturated heterocycles. The molecule has 3 aromatic rings. The zero-order chi connectivity index (χ0) is 15.5. The van der Waals surface area contributed by atoms with E-state index in [0.717, 1.165) is 22.5 Å². The number of hydrogen-bond donors (Lipinski definition) is 1. The van der Waals surface area contributed by atoms with Crippen LogP contribution in [0.2, 0.25) is 0 Å². The largest absolute Gasteiger partial charge is 0.494 e. The van der Waals surface area contributed by atoms with E-state index < -0.39 is 0 Å². The van der Waals surface area contributed by atoms with Crippen LogP contribution in [0.15, 0.2) is 42.5 Å². The Hall–Kier alpha value is -2.53. The molecule has 1 N–H and O–H groups in total. The van der Waals surface area contributed by atoms with Crippen molar-refractivity contribution in [3.05, 3.63) is 48.3 Å². The van der Waals surface area contributed by atoms with Gasteiger partial charge in [-0.3, -0.25) is 0 Å². The Morgan fingerprint density at radius 1 is 1.09 bits per heavy atom. The number of aryl methyl sites for hydroxylation is 1. The molecule has 0 unspecified atom stereocenters. The molecule has 0 saturated carbocycles. The van der Waals surface area contributed by atoms with Crippen molar-refractivity contribution in [2.75, 3.05) is 6.61 Å². The van der Waals surface area contributed by atoms with Crippen molar-refractivity contribution in [1.82, 2.24) is 9.55 Å². The van der Waals surface area contributed by atoms with Crippen molar-refractivity contribution in [3.8, 4) is 17.2 Å². The number of aliphatic hydroxyl groups is 1. The number of ether oxygens (including phenoxy) is 2. The second kappa shape index (κ2) is 6.07. The maximum atomic E-state index is 9.28. The first-order valence-corrected chi connectivity index (χ1v) is 7.18. The second-order valence-corrected chi connectivity index (χ2v) is 4.91. The molecule has 2 aromatic carbocycles. The van der Waals surface area contributed by atoms with Gasteiger partial charge in [-0.25, -0.2) is 4.98 Å². The van der Waals surface area contributed by atoms with Gasteiger partial charge in [0.05, 0.1) is 17.6 Å². The molecule has 0 bridgehead atoms. The molecule has 5 heteroatoms. The summed E-state index contributed by atoms with van der Waals surface area (Å²) < 4.78 is 13.2. The van der Waals surface area contributed by atoms with Gasteiger partial charge in [0.2, 0.25) is 0 Å². The van der Waals surface area contributed by atoms with Gasteiger partial charge in [-0.05, 0) is 31.2 Å². The summed E-state index contributed by atoms with van der Waals surface area (Å²) >= 11 is 0. The smallest absolute Gasteiger partial charge is 0.135 e. The highest BCUT2D eigenvalue weighted by molar-refractivity contribution is 5.77. The third kappa shape index (κ3) is 2.76. The molecule has 22 heavy (non-hydrogen) atoms. The Labute approximate surface area is 128 Å². The molecule has 5 nitrogen and oxygen atoms in total. The summed E-state index contributed by atoms with van der Waals surface area (Å²) in [6, 6.07) is 13.2. The number of benzene rings is 2. The molecule has 0 aliphatic heterocycles. The average molecular weight is 298 g/mol. The monoisotopic (exact) mass is 298 g/mol. The van der Waals surface area contributed by atoms with Gasteiger partial charge in [-0.15, -0.1) is 0 Å². The van der Waals surface area contributed by atoms with Crippen LogP contribution in [0, 0.1) is 0 Å². The summed E-state index contributed by atoms with van der Waals surface area (Å²) in [5, 5.41) is 9.28. The van der Waals surface area contributed by atoms with Crippen LogP contribution >= 0.6 is 0 Å². The molecule has 0 fully saturated rings. The van der Waals surface area contributed by atoms with E-state index >= 15 is 0 Å². The number of imidazole rings is 1. The summed E-state index contributed by atoms with van der Waals surface area (Å²) in [5.41, 5.74) is 1.75. The lowest BCUT2D eigenvalue weighted by molar-refractivity contribution is 0.268. The zero-order valence-corrected chi connectivity index (χ0v) is 12.6. The molecule has 0 aliphatic rings. The van der Waals surface area contributed by atoms with Crippen LogP contribution in [-0.2, 0) is 13.7 Å². The van der Waals surface area contributed by atoms with Crippen LogP contribution in [0.3, 0.4) is 0 Å². The Kier molecular flexibility index (Phi) is 3.98. The van der Waals surface area contributed by atoms with Crippen molar-refractivity contribution in [2.45, 2.75) is 13.5 Å². The van der Waals surface area contributed by atoms with Crippen LogP contribution in [0.1, 0.15) is 12.7 Å². The molecular formula is C17H18N2O3. The third-order valence-electron chi connectivity index (χ3n) is 3.44. The highest BCUT2D eigenvalue weighted by Gasteiger charge is 2.08. The fourth-order valence-electron chi connectivity index (χ4n) is 2.35. The fraction of sp³-hybridized carbons (Fsp3) is 0.235. The fourth-order valence-corrected chi connectivity index (χ4v) is 2.35. The Morgan fingerprint density at radius 2 is 1.86 bits per heavy atom. The minimum atomic E-state index is -0.0855. The van der Waals surface area contributed by atoms with Gasteiger partial charge in [0.15, 0.2) is 0 Å². The van der Waals surface area contributed by atoms with Crippen molar-refractivity contribution in [2.24, 2.45) is 7.05 Å². The molecule has 0 aliphatic carbocycles. The lowest BCUT2D eigenvalue weighted by Gasteiger charge is -2.08. The first-order valence-electron chi connectivity index (χ1n) is 7.18. The number of hydrogen-bond acceptors (Lipinski definition) is 4. The summed E-state index contributed by atoms with van der Waals surface area (Å²) in [6.07, 6.45) is 0. The highest BCUT2D eigenvalue weighted by atomic mass is 16.5. The maximum absolute atomic E-state index is 9.28. The maximum Gasteiger partial charge on any atom is 0.135 e. The molecule has 114 valence electrons. The minimum Gasteiger partial charge on any atom is -0.494 e. The van der Waals surface area contributed by atoms with Gasteiger partial charge >= 0.3 is 0 Å². The molecule has 0 radical (unpaired) electrons. The van der Waals surface area contributed by atoms with E-state index in [0.29, 0.717) is 18.2 Å². The number of aromatic nitrogens is 2. The lowest BCUT2D eigenvalue weighted by atomic mass is 10.3. The Bertz CT molecular complexity index is 796. The standard InChI is InChI=1S/C17H18N2O3/c1-3-21-12-5-4-6-13(9-12)22-14-7-8-15-16(10-14)19(2)17(11-20)18-15/h4-10,20H,3,11H2,1-2H3. The molecule has 0 atom stereocenters. The van der Waals surface area contributed by atoms with Crippen LogP contribution < -0.4 is 9.47 Å². The SMILES string of the molecule is CCOc1cccc(Oc2ccc3nc(CO)n(C)c3c2)c1. The number of nitrogens with zero attached hydrogens (tertiary/aromatic N) is 2. The number of rotatable bonds is 5. The third-order valence-corrected chi connectivity index (χ3v) is 3.44. The summed E-state index contributed by atoms with van der Waals surface area (Å²) in [5.74, 6) is 2.85. The molecule has 0 spiro atoms. The second-order valence-electron chi connectivity index (χ2n) is 4.91.